The molecule has 6 nitrogen and oxygen atoms in total. The van der Waals surface area contributed by atoms with Crippen LogP contribution in [-0.4, -0.2) is 55.6 Å². The molecule has 0 aliphatic rings. The van der Waals surface area contributed by atoms with Crippen molar-refractivity contribution in [1.82, 2.24) is 9.47 Å². The summed E-state index contributed by atoms with van der Waals surface area (Å²) >= 11 is 0. The monoisotopic (exact) mass is 412 g/mol. The van der Waals surface area contributed by atoms with E-state index < -0.39 is 5.82 Å². The second-order valence-electron chi connectivity index (χ2n) is 7.29. The molecule has 3 rings (SSSR count). The van der Waals surface area contributed by atoms with Gasteiger partial charge in [0.2, 0.25) is 0 Å². The van der Waals surface area contributed by atoms with Gasteiger partial charge in [-0.2, -0.15) is 0 Å². The van der Waals surface area contributed by atoms with E-state index in [1.165, 1.54) is 24.3 Å². The molecule has 0 atom stereocenters. The number of carbonyl (C=O) groups excluding carboxylic acids is 2. The number of carbonyl (C=O) groups is 2. The quantitative estimate of drug-likeness (QED) is 0.419. The number of likely N-dealkylation sites (N-methyl/N-ethyl adjacent to an activating group) is 1. The highest BCUT2D eigenvalue weighted by atomic mass is 19.1. The minimum absolute atomic E-state index is 0.0281. The fourth-order valence-corrected chi connectivity index (χ4v) is 3.34. The Labute approximate surface area is 174 Å². The Hall–Kier alpha value is -3.19. The lowest BCUT2D eigenvalue weighted by Crippen LogP contribution is -2.22. The molecule has 0 saturated heterocycles. The van der Waals surface area contributed by atoms with Crippen molar-refractivity contribution in [2.45, 2.75) is 13.5 Å². The minimum Gasteiger partial charge on any atom is -0.497 e. The normalized spacial score (nSPS) is 11.1. The van der Waals surface area contributed by atoms with E-state index in [-0.39, 0.29) is 24.9 Å². The number of halogens is 1. The zero-order valence-corrected chi connectivity index (χ0v) is 17.6. The summed E-state index contributed by atoms with van der Waals surface area (Å²) in [6.07, 6.45) is 0. The van der Waals surface area contributed by atoms with Crippen molar-refractivity contribution in [3.63, 3.8) is 0 Å². The van der Waals surface area contributed by atoms with Crippen LogP contribution in [0.1, 0.15) is 21.6 Å². The lowest BCUT2D eigenvalue weighted by molar-refractivity contribution is -0.144. The number of benzene rings is 2. The van der Waals surface area contributed by atoms with Crippen LogP contribution in [0.15, 0.2) is 42.5 Å². The van der Waals surface area contributed by atoms with Crippen LogP contribution in [0.5, 0.6) is 5.75 Å². The maximum atomic E-state index is 13.3. The van der Waals surface area contributed by atoms with E-state index in [2.05, 4.69) is 0 Å². The summed E-state index contributed by atoms with van der Waals surface area (Å²) in [5, 5.41) is 0.698. The SMILES string of the molecule is COc1ccc2c(C(=O)c3ccc(F)cc3)c(C)n(CC(=O)OCCN(C)C)c2c1. The molecule has 0 amide bonds. The van der Waals surface area contributed by atoms with Crippen molar-refractivity contribution >= 4 is 22.7 Å². The van der Waals surface area contributed by atoms with Crippen LogP contribution >= 0.6 is 0 Å². The van der Waals surface area contributed by atoms with E-state index in [1.807, 2.05) is 19.0 Å². The highest BCUT2D eigenvalue weighted by Crippen LogP contribution is 2.31. The van der Waals surface area contributed by atoms with Gasteiger partial charge in [0.15, 0.2) is 5.78 Å². The van der Waals surface area contributed by atoms with Gasteiger partial charge < -0.3 is 18.9 Å². The molecule has 2 aromatic carbocycles. The molecular formula is C23H25FN2O4. The second-order valence-corrected chi connectivity index (χ2v) is 7.29. The first-order valence-electron chi connectivity index (χ1n) is 9.59. The van der Waals surface area contributed by atoms with E-state index in [4.69, 9.17) is 9.47 Å². The smallest absolute Gasteiger partial charge is 0.326 e. The molecule has 0 fully saturated rings. The molecule has 1 heterocycles. The number of ketones is 1. The number of aromatic nitrogens is 1. The fraction of sp³-hybridized carbons (Fsp3) is 0.304. The summed E-state index contributed by atoms with van der Waals surface area (Å²) in [6.45, 7) is 2.67. The van der Waals surface area contributed by atoms with E-state index in [1.54, 1.807) is 36.8 Å². The van der Waals surface area contributed by atoms with Gasteiger partial charge in [-0.1, -0.05) is 0 Å². The first kappa shape index (κ1) is 21.5. The van der Waals surface area contributed by atoms with E-state index in [0.717, 1.165) is 0 Å². The van der Waals surface area contributed by atoms with Crippen LogP contribution in [0.3, 0.4) is 0 Å². The fourth-order valence-electron chi connectivity index (χ4n) is 3.34. The zero-order chi connectivity index (χ0) is 21.8. The van der Waals surface area contributed by atoms with Crippen molar-refractivity contribution in [3.8, 4) is 5.75 Å². The molecule has 0 saturated carbocycles. The molecule has 0 N–H and O–H groups in total. The Bertz CT molecular complexity index is 1070. The van der Waals surface area contributed by atoms with Crippen LogP contribution < -0.4 is 4.74 Å². The van der Waals surface area contributed by atoms with Crippen LogP contribution in [-0.2, 0) is 16.1 Å². The number of nitrogens with zero attached hydrogens (tertiary/aromatic N) is 2. The van der Waals surface area contributed by atoms with E-state index in [0.29, 0.717) is 40.0 Å². The highest BCUT2D eigenvalue weighted by Gasteiger charge is 2.23. The Morgan fingerprint density at radius 1 is 1.10 bits per heavy atom. The van der Waals surface area contributed by atoms with Gasteiger partial charge in [0.1, 0.15) is 24.7 Å². The summed E-state index contributed by atoms with van der Waals surface area (Å²) < 4.78 is 25.7. The van der Waals surface area contributed by atoms with E-state index in [9.17, 15) is 14.0 Å². The van der Waals surface area contributed by atoms with Crippen molar-refractivity contribution in [2.24, 2.45) is 0 Å². The van der Waals surface area contributed by atoms with Crippen molar-refractivity contribution in [3.05, 3.63) is 65.1 Å². The van der Waals surface area contributed by atoms with Crippen LogP contribution in [0.25, 0.3) is 10.9 Å². The second kappa shape index (κ2) is 9.09. The molecule has 7 heteroatoms. The summed E-state index contributed by atoms with van der Waals surface area (Å²) in [5.41, 5.74) is 2.18. The zero-order valence-electron chi connectivity index (χ0n) is 17.6. The molecule has 158 valence electrons. The molecular weight excluding hydrogens is 387 g/mol. The minimum atomic E-state index is -0.407. The lowest BCUT2D eigenvalue weighted by Gasteiger charge is -2.12. The van der Waals surface area contributed by atoms with E-state index >= 15 is 0 Å². The average molecular weight is 412 g/mol. The van der Waals surface area contributed by atoms with Crippen molar-refractivity contribution in [2.75, 3.05) is 34.4 Å². The molecule has 1 aromatic heterocycles. The highest BCUT2D eigenvalue weighted by molar-refractivity contribution is 6.17. The van der Waals surface area contributed by atoms with Gasteiger partial charge in [-0.15, -0.1) is 0 Å². The summed E-state index contributed by atoms with van der Waals surface area (Å²) in [5.74, 6) is -0.415. The Morgan fingerprint density at radius 2 is 1.80 bits per heavy atom. The van der Waals surface area contributed by atoms with Gasteiger partial charge >= 0.3 is 5.97 Å². The molecule has 0 radical (unpaired) electrons. The van der Waals surface area contributed by atoms with Gasteiger partial charge in [-0.3, -0.25) is 9.59 Å². The third-order valence-corrected chi connectivity index (χ3v) is 4.95. The average Bonchev–Trinajstić information content (AvgIpc) is 2.98. The standard InChI is InChI=1S/C23H25FN2O4/c1-15-22(23(28)16-5-7-17(24)8-6-16)19-10-9-18(29-4)13-20(19)26(15)14-21(27)30-12-11-25(2)3/h5-10,13H,11-12,14H2,1-4H3. The van der Waals surface area contributed by atoms with Gasteiger partial charge in [0, 0.05) is 29.3 Å². The first-order valence-corrected chi connectivity index (χ1v) is 9.59. The topological polar surface area (TPSA) is 60.8 Å². The van der Waals surface area contributed by atoms with Crippen LogP contribution in [0.4, 0.5) is 4.39 Å². The number of esters is 1. The predicted octanol–water partition coefficient (Wildman–Crippen LogP) is 3.43. The molecule has 30 heavy (non-hydrogen) atoms. The lowest BCUT2D eigenvalue weighted by atomic mass is 10.0. The molecule has 0 unspecified atom stereocenters. The molecule has 0 aliphatic carbocycles. The molecule has 0 aliphatic heterocycles. The van der Waals surface area contributed by atoms with Gasteiger partial charge in [-0.25, -0.2) is 4.39 Å². The number of fused-ring (bicyclic) bond motifs is 1. The number of ether oxygens (including phenoxy) is 2. The maximum absolute atomic E-state index is 13.3. The summed E-state index contributed by atoms with van der Waals surface area (Å²) in [7, 11) is 5.36. The predicted molar refractivity (Wildman–Crippen MR) is 113 cm³/mol. The molecule has 0 bridgehead atoms. The summed E-state index contributed by atoms with van der Waals surface area (Å²) in [4.78, 5) is 27.5. The largest absolute Gasteiger partial charge is 0.497 e. The van der Waals surface area contributed by atoms with Gasteiger partial charge in [0.25, 0.3) is 0 Å². The van der Waals surface area contributed by atoms with Crippen LogP contribution in [0.2, 0.25) is 0 Å². The van der Waals surface area contributed by atoms with Crippen molar-refractivity contribution < 1.29 is 23.5 Å². The maximum Gasteiger partial charge on any atom is 0.326 e. The van der Waals surface area contributed by atoms with Crippen molar-refractivity contribution in [1.29, 1.82) is 0 Å². The Kier molecular flexibility index (Phi) is 6.52. The number of hydrogen-bond donors (Lipinski definition) is 0. The summed E-state index contributed by atoms with van der Waals surface area (Å²) in [6, 6.07) is 10.8. The molecule has 3 aromatic rings. The third kappa shape index (κ3) is 4.52. The third-order valence-electron chi connectivity index (χ3n) is 4.95. The van der Waals surface area contributed by atoms with Gasteiger partial charge in [0.05, 0.1) is 18.2 Å². The first-order chi connectivity index (χ1) is 14.3. The number of rotatable bonds is 8. The van der Waals surface area contributed by atoms with Gasteiger partial charge in [-0.05, 0) is 57.4 Å². The molecule has 0 spiro atoms. The number of hydrogen-bond acceptors (Lipinski definition) is 5. The number of methoxy groups -OCH3 is 1. The Balaban J connectivity index is 2.01. The van der Waals surface area contributed by atoms with Crippen LogP contribution in [0, 0.1) is 12.7 Å². The Morgan fingerprint density at radius 3 is 2.43 bits per heavy atom.